The lowest BCUT2D eigenvalue weighted by Crippen LogP contribution is -2.39. The molecule has 3 aromatic carbocycles. The van der Waals surface area contributed by atoms with E-state index >= 15 is 0 Å². The second-order valence-electron chi connectivity index (χ2n) is 9.01. The smallest absolute Gasteiger partial charge is 0.344 e. The highest BCUT2D eigenvalue weighted by atomic mass is 32.1. The molecule has 0 spiro atoms. The minimum absolute atomic E-state index is 0.185. The molecule has 0 radical (unpaired) electrons. The summed E-state index contributed by atoms with van der Waals surface area (Å²) in [5.74, 6) is -0.513. The third-order valence-electron chi connectivity index (χ3n) is 6.31. The summed E-state index contributed by atoms with van der Waals surface area (Å²) in [6, 6.07) is 25.2. The number of nitrogens with zero attached hydrogens (tertiary/aromatic N) is 2. The second-order valence-corrected chi connectivity index (χ2v) is 10.0. The maximum atomic E-state index is 14.0. The van der Waals surface area contributed by atoms with Crippen molar-refractivity contribution in [2.45, 2.75) is 19.9 Å². The Labute approximate surface area is 240 Å². The van der Waals surface area contributed by atoms with Crippen LogP contribution in [0, 0.1) is 0 Å². The van der Waals surface area contributed by atoms with Crippen molar-refractivity contribution >= 4 is 35.0 Å². The van der Waals surface area contributed by atoms with Gasteiger partial charge in [-0.1, -0.05) is 84.1 Å². The van der Waals surface area contributed by atoms with Crippen molar-refractivity contribution in [3.8, 4) is 5.75 Å². The maximum absolute atomic E-state index is 14.0. The van der Waals surface area contributed by atoms with E-state index in [9.17, 15) is 14.4 Å². The molecule has 208 valence electrons. The van der Waals surface area contributed by atoms with Crippen LogP contribution in [0.25, 0.3) is 11.8 Å². The maximum Gasteiger partial charge on any atom is 0.344 e. The van der Waals surface area contributed by atoms with Crippen LogP contribution in [0.3, 0.4) is 0 Å². The Bertz CT molecular complexity index is 1770. The molecular weight excluding hydrogens is 540 g/mol. The van der Waals surface area contributed by atoms with Crippen LogP contribution in [0.5, 0.6) is 5.75 Å². The van der Waals surface area contributed by atoms with Gasteiger partial charge >= 0.3 is 11.9 Å². The number of benzene rings is 3. The van der Waals surface area contributed by atoms with Gasteiger partial charge in [0.25, 0.3) is 5.56 Å². The van der Waals surface area contributed by atoms with Crippen LogP contribution in [-0.4, -0.2) is 36.3 Å². The molecule has 1 aliphatic heterocycles. The number of hydrogen-bond donors (Lipinski definition) is 0. The third-order valence-corrected chi connectivity index (χ3v) is 7.29. The summed E-state index contributed by atoms with van der Waals surface area (Å²) in [4.78, 5) is 44.4. The minimum atomic E-state index is -0.733. The summed E-state index contributed by atoms with van der Waals surface area (Å²) in [5, 5.41) is 0. The van der Waals surface area contributed by atoms with E-state index < -0.39 is 18.0 Å². The number of esters is 2. The van der Waals surface area contributed by atoms with Crippen molar-refractivity contribution in [1.29, 1.82) is 0 Å². The number of fused-ring (bicyclic) bond motifs is 1. The van der Waals surface area contributed by atoms with Gasteiger partial charge in [-0.3, -0.25) is 9.36 Å². The monoisotopic (exact) mass is 568 g/mol. The molecule has 0 fully saturated rings. The summed E-state index contributed by atoms with van der Waals surface area (Å²) < 4.78 is 18.0. The first-order valence-electron chi connectivity index (χ1n) is 13.2. The summed E-state index contributed by atoms with van der Waals surface area (Å²) in [6.45, 7) is 3.73. The molecule has 0 amide bonds. The lowest BCUT2D eigenvalue weighted by atomic mass is 9.93. The Balaban J connectivity index is 1.66. The topological polar surface area (TPSA) is 96.2 Å². The zero-order valence-corrected chi connectivity index (χ0v) is 23.4. The lowest BCUT2D eigenvalue weighted by molar-refractivity contribution is -0.145. The predicted octanol–water partition coefficient (Wildman–Crippen LogP) is 3.88. The van der Waals surface area contributed by atoms with Gasteiger partial charge in [0.1, 0.15) is 5.75 Å². The van der Waals surface area contributed by atoms with Gasteiger partial charge in [0.05, 0.1) is 35.1 Å². The Hall–Kier alpha value is -4.76. The number of rotatable bonds is 9. The van der Waals surface area contributed by atoms with Gasteiger partial charge in [0, 0.05) is 5.56 Å². The first-order valence-corrected chi connectivity index (χ1v) is 14.0. The highest BCUT2D eigenvalue weighted by Crippen LogP contribution is 2.35. The quantitative estimate of drug-likeness (QED) is 0.285. The van der Waals surface area contributed by atoms with E-state index in [-0.39, 0.29) is 25.4 Å². The first kappa shape index (κ1) is 27.8. The molecule has 0 unspecified atom stereocenters. The normalized spacial score (nSPS) is 14.7. The highest BCUT2D eigenvalue weighted by Gasteiger charge is 2.35. The number of aromatic nitrogens is 1. The molecule has 41 heavy (non-hydrogen) atoms. The van der Waals surface area contributed by atoms with Gasteiger partial charge in [-0.25, -0.2) is 14.6 Å². The summed E-state index contributed by atoms with van der Waals surface area (Å²) >= 11 is 1.24. The van der Waals surface area contributed by atoms with Crippen molar-refractivity contribution < 1.29 is 23.8 Å². The fraction of sp³-hybridized carbons (Fsp3) is 0.188. The number of thiazole rings is 1. The van der Waals surface area contributed by atoms with Crippen LogP contribution in [0.2, 0.25) is 0 Å². The van der Waals surface area contributed by atoms with Gasteiger partial charge in [-0.05, 0) is 43.2 Å². The standard InChI is InChI=1S/C32H28N2O6S/c1-3-38-26(35)20-40-24-17-11-12-21(18-24)19-25-30(36)34-29(23-15-9-6-10-16-23)27(31(37)39-4-2)28(33-32(34)41-25)22-13-7-5-8-14-22/h5-19,29H,3-4,20H2,1-2H3/b25-19-/t29-/m1/s1. The van der Waals surface area contributed by atoms with Gasteiger partial charge in [0.2, 0.25) is 0 Å². The van der Waals surface area contributed by atoms with Crippen molar-refractivity contribution in [3.63, 3.8) is 0 Å². The summed E-state index contributed by atoms with van der Waals surface area (Å²) in [7, 11) is 0. The molecule has 9 heteroatoms. The van der Waals surface area contributed by atoms with Crippen LogP contribution in [0.1, 0.15) is 36.6 Å². The molecule has 8 nitrogen and oxygen atoms in total. The minimum Gasteiger partial charge on any atom is -0.482 e. The van der Waals surface area contributed by atoms with Gasteiger partial charge in [-0.2, -0.15) is 0 Å². The largest absolute Gasteiger partial charge is 0.482 e. The average molecular weight is 569 g/mol. The Kier molecular flexibility index (Phi) is 8.55. The molecule has 0 saturated heterocycles. The van der Waals surface area contributed by atoms with Gasteiger partial charge in [0.15, 0.2) is 11.4 Å². The summed E-state index contributed by atoms with van der Waals surface area (Å²) in [6.07, 6.45) is 1.75. The number of carbonyl (C=O) groups excluding carboxylic acids is 2. The molecule has 5 rings (SSSR count). The lowest BCUT2D eigenvalue weighted by Gasteiger charge is -2.25. The molecule has 1 atom stereocenters. The van der Waals surface area contributed by atoms with Crippen molar-refractivity contribution in [3.05, 3.63) is 127 Å². The van der Waals surface area contributed by atoms with E-state index in [2.05, 4.69) is 0 Å². The summed E-state index contributed by atoms with van der Waals surface area (Å²) in [5.41, 5.74) is 2.72. The number of carbonyl (C=O) groups is 2. The highest BCUT2D eigenvalue weighted by molar-refractivity contribution is 7.07. The fourth-order valence-corrected chi connectivity index (χ4v) is 5.58. The molecule has 1 aliphatic rings. The van der Waals surface area contributed by atoms with E-state index in [1.165, 1.54) is 11.3 Å². The Morgan fingerprint density at radius 1 is 0.927 bits per heavy atom. The van der Waals surface area contributed by atoms with Crippen LogP contribution < -0.4 is 19.6 Å². The molecule has 0 aliphatic carbocycles. The van der Waals surface area contributed by atoms with E-state index in [0.29, 0.717) is 31.9 Å². The van der Waals surface area contributed by atoms with Crippen LogP contribution in [0.4, 0.5) is 0 Å². The molecular formula is C32H28N2O6S. The van der Waals surface area contributed by atoms with Crippen molar-refractivity contribution in [2.24, 2.45) is 4.99 Å². The first-order chi connectivity index (χ1) is 20.0. The SMILES string of the molecule is CCOC(=O)COc1cccc(/C=c2\sc3n(c2=O)[C@H](c2ccccc2)C(C(=O)OCC)=C(c2ccccc2)N=3)c1. The van der Waals surface area contributed by atoms with Gasteiger partial charge in [-0.15, -0.1) is 0 Å². The van der Waals surface area contributed by atoms with Gasteiger partial charge < -0.3 is 14.2 Å². The van der Waals surface area contributed by atoms with Crippen molar-refractivity contribution in [1.82, 2.24) is 4.57 Å². The third kappa shape index (κ3) is 6.05. The number of ether oxygens (including phenoxy) is 3. The average Bonchev–Trinajstić information content (AvgIpc) is 3.30. The fourth-order valence-electron chi connectivity index (χ4n) is 4.58. The molecule has 2 heterocycles. The van der Waals surface area contributed by atoms with Crippen LogP contribution >= 0.6 is 11.3 Å². The predicted molar refractivity (Wildman–Crippen MR) is 156 cm³/mol. The van der Waals surface area contributed by atoms with E-state index in [0.717, 1.165) is 11.1 Å². The van der Waals surface area contributed by atoms with E-state index in [4.69, 9.17) is 19.2 Å². The Morgan fingerprint density at radius 3 is 2.34 bits per heavy atom. The Morgan fingerprint density at radius 2 is 1.63 bits per heavy atom. The van der Waals surface area contributed by atoms with E-state index in [1.807, 2.05) is 66.7 Å². The number of hydrogen-bond acceptors (Lipinski definition) is 8. The molecule has 1 aromatic heterocycles. The molecule has 4 aromatic rings. The van der Waals surface area contributed by atoms with Crippen LogP contribution in [0.15, 0.2) is 100 Å². The second kappa shape index (κ2) is 12.6. The molecule has 0 N–H and O–H groups in total. The van der Waals surface area contributed by atoms with Crippen molar-refractivity contribution in [2.75, 3.05) is 19.8 Å². The molecule has 0 bridgehead atoms. The molecule has 0 saturated carbocycles. The zero-order valence-electron chi connectivity index (χ0n) is 22.6. The van der Waals surface area contributed by atoms with Crippen LogP contribution in [-0.2, 0) is 19.1 Å². The van der Waals surface area contributed by atoms with E-state index in [1.54, 1.807) is 42.7 Å². The zero-order chi connectivity index (χ0) is 28.8.